The van der Waals surface area contributed by atoms with Crippen molar-refractivity contribution in [2.24, 2.45) is 11.7 Å². The highest BCUT2D eigenvalue weighted by Crippen LogP contribution is 2.14. The van der Waals surface area contributed by atoms with Crippen LogP contribution in [0.4, 0.5) is 0 Å². The Bertz CT molecular complexity index is 328. The molecule has 0 amide bonds. The topological polar surface area (TPSA) is 74.2 Å². The Morgan fingerprint density at radius 1 is 1.38 bits per heavy atom. The van der Waals surface area contributed by atoms with E-state index in [2.05, 4.69) is 24.0 Å². The second kappa shape index (κ2) is 4.93. The quantitative estimate of drug-likeness (QED) is 0.830. The summed E-state index contributed by atoms with van der Waals surface area (Å²) < 4.78 is 10.6. The van der Waals surface area contributed by atoms with Crippen LogP contribution >= 0.6 is 0 Å². The highest BCUT2D eigenvalue weighted by Gasteiger charge is 2.21. The number of rotatable bonds is 5. The zero-order valence-electron chi connectivity index (χ0n) is 10.7. The minimum atomic E-state index is -0.578. The molecule has 2 N–H and O–H groups in total. The molecule has 0 saturated carbocycles. The van der Waals surface area contributed by atoms with Gasteiger partial charge in [0.2, 0.25) is 0 Å². The summed E-state index contributed by atoms with van der Waals surface area (Å²) in [7, 11) is 0. The molecule has 0 aliphatic rings. The predicted octanol–water partition coefficient (Wildman–Crippen LogP) is 1.82. The summed E-state index contributed by atoms with van der Waals surface area (Å²) in [6.45, 7) is 10.2. The van der Waals surface area contributed by atoms with Crippen LogP contribution in [-0.2, 0) is 16.9 Å². The van der Waals surface area contributed by atoms with Crippen molar-refractivity contribution in [1.82, 2.24) is 10.1 Å². The highest BCUT2D eigenvalue weighted by molar-refractivity contribution is 4.98. The fourth-order valence-electron chi connectivity index (χ4n) is 0.970. The molecular weight excluding hydrogens is 206 g/mol. The lowest BCUT2D eigenvalue weighted by atomic mass is 10.1. The van der Waals surface area contributed by atoms with E-state index in [1.54, 1.807) is 0 Å². The van der Waals surface area contributed by atoms with Crippen LogP contribution in [-0.4, -0.2) is 16.2 Å². The predicted molar refractivity (Wildman–Crippen MR) is 60.6 cm³/mol. The lowest BCUT2D eigenvalue weighted by Crippen LogP contribution is -2.30. The Kier molecular flexibility index (Phi) is 4.04. The van der Waals surface area contributed by atoms with E-state index in [4.69, 9.17) is 15.0 Å². The Balaban J connectivity index is 2.53. The average molecular weight is 227 g/mol. The van der Waals surface area contributed by atoms with Crippen LogP contribution in [0.5, 0.6) is 0 Å². The van der Waals surface area contributed by atoms with Crippen molar-refractivity contribution in [3.63, 3.8) is 0 Å². The maximum absolute atomic E-state index is 5.85. The number of aromatic nitrogens is 2. The standard InChI is InChI=1S/C11H21N3O2/c1-7(2)8(3)15-6-9-13-10(14-16-9)11(4,5)12/h7-8H,6,12H2,1-5H3. The average Bonchev–Trinajstić information content (AvgIpc) is 2.61. The van der Waals surface area contributed by atoms with Crippen LogP contribution in [0.1, 0.15) is 46.3 Å². The van der Waals surface area contributed by atoms with E-state index in [1.807, 2.05) is 20.8 Å². The molecule has 0 fully saturated rings. The first-order chi connectivity index (χ1) is 7.30. The summed E-state index contributed by atoms with van der Waals surface area (Å²) in [5.74, 6) is 1.44. The summed E-state index contributed by atoms with van der Waals surface area (Å²) in [5.41, 5.74) is 5.27. The van der Waals surface area contributed by atoms with Crippen LogP contribution in [0.15, 0.2) is 4.52 Å². The summed E-state index contributed by atoms with van der Waals surface area (Å²) in [6.07, 6.45) is 0.168. The first-order valence-corrected chi connectivity index (χ1v) is 5.54. The zero-order valence-corrected chi connectivity index (χ0v) is 10.7. The van der Waals surface area contributed by atoms with Gasteiger partial charge < -0.3 is 15.0 Å². The number of hydrogen-bond acceptors (Lipinski definition) is 5. The maximum Gasteiger partial charge on any atom is 0.252 e. The van der Waals surface area contributed by atoms with Crippen molar-refractivity contribution < 1.29 is 9.26 Å². The molecule has 0 saturated heterocycles. The summed E-state index contributed by atoms with van der Waals surface area (Å²) in [6, 6.07) is 0. The van der Waals surface area contributed by atoms with Gasteiger partial charge in [0, 0.05) is 0 Å². The fourth-order valence-corrected chi connectivity index (χ4v) is 0.970. The van der Waals surface area contributed by atoms with Gasteiger partial charge in [-0.2, -0.15) is 4.98 Å². The molecular formula is C11H21N3O2. The molecule has 0 bridgehead atoms. The third-order valence-corrected chi connectivity index (χ3v) is 2.45. The third-order valence-electron chi connectivity index (χ3n) is 2.45. The number of ether oxygens (including phenoxy) is 1. The van der Waals surface area contributed by atoms with Gasteiger partial charge in [-0.3, -0.25) is 0 Å². The van der Waals surface area contributed by atoms with Crippen molar-refractivity contribution in [1.29, 1.82) is 0 Å². The summed E-state index contributed by atoms with van der Waals surface area (Å²) >= 11 is 0. The molecule has 0 spiro atoms. The highest BCUT2D eigenvalue weighted by atomic mass is 16.5. The van der Waals surface area contributed by atoms with Crippen LogP contribution in [0, 0.1) is 5.92 Å². The van der Waals surface area contributed by atoms with Crippen molar-refractivity contribution in [2.75, 3.05) is 0 Å². The molecule has 0 aliphatic heterocycles. The lowest BCUT2D eigenvalue weighted by molar-refractivity contribution is 0.0105. The molecule has 1 aromatic heterocycles. The maximum atomic E-state index is 5.85. The molecule has 0 aliphatic carbocycles. The van der Waals surface area contributed by atoms with Gasteiger partial charge >= 0.3 is 0 Å². The molecule has 5 nitrogen and oxygen atoms in total. The van der Waals surface area contributed by atoms with Gasteiger partial charge in [0.05, 0.1) is 11.6 Å². The molecule has 1 heterocycles. The van der Waals surface area contributed by atoms with Gasteiger partial charge in [0.25, 0.3) is 5.89 Å². The number of nitrogens with two attached hydrogens (primary N) is 1. The van der Waals surface area contributed by atoms with E-state index in [1.165, 1.54) is 0 Å². The van der Waals surface area contributed by atoms with Gasteiger partial charge in [-0.15, -0.1) is 0 Å². The van der Waals surface area contributed by atoms with Crippen LogP contribution in [0.2, 0.25) is 0 Å². The molecule has 5 heteroatoms. The molecule has 1 unspecified atom stereocenters. The van der Waals surface area contributed by atoms with Crippen LogP contribution in [0.25, 0.3) is 0 Å². The van der Waals surface area contributed by atoms with Gasteiger partial charge in [0.1, 0.15) is 6.61 Å². The normalized spacial score (nSPS) is 14.4. The molecule has 1 atom stereocenters. The Labute approximate surface area is 96.4 Å². The first-order valence-electron chi connectivity index (χ1n) is 5.54. The molecule has 92 valence electrons. The minimum Gasteiger partial charge on any atom is -0.368 e. The van der Waals surface area contributed by atoms with Crippen LogP contribution < -0.4 is 5.73 Å². The Hall–Kier alpha value is -0.940. The van der Waals surface area contributed by atoms with E-state index < -0.39 is 5.54 Å². The Morgan fingerprint density at radius 2 is 2.00 bits per heavy atom. The summed E-state index contributed by atoms with van der Waals surface area (Å²) in [4.78, 5) is 4.19. The molecule has 1 aromatic rings. The van der Waals surface area contributed by atoms with Crippen molar-refractivity contribution in [3.8, 4) is 0 Å². The Morgan fingerprint density at radius 3 is 2.44 bits per heavy atom. The van der Waals surface area contributed by atoms with E-state index in [0.717, 1.165) is 0 Å². The third kappa shape index (κ3) is 3.57. The van der Waals surface area contributed by atoms with Crippen molar-refractivity contribution in [2.45, 2.75) is 52.9 Å². The van der Waals surface area contributed by atoms with Gasteiger partial charge in [-0.25, -0.2) is 0 Å². The van der Waals surface area contributed by atoms with Gasteiger partial charge in [0.15, 0.2) is 5.82 Å². The van der Waals surface area contributed by atoms with E-state index >= 15 is 0 Å². The van der Waals surface area contributed by atoms with E-state index in [9.17, 15) is 0 Å². The van der Waals surface area contributed by atoms with Crippen molar-refractivity contribution >= 4 is 0 Å². The largest absolute Gasteiger partial charge is 0.368 e. The fraction of sp³-hybridized carbons (Fsp3) is 0.818. The number of nitrogens with zero attached hydrogens (tertiary/aromatic N) is 2. The van der Waals surface area contributed by atoms with E-state index in [-0.39, 0.29) is 6.10 Å². The molecule has 16 heavy (non-hydrogen) atoms. The second-order valence-electron chi connectivity index (χ2n) is 4.99. The lowest BCUT2D eigenvalue weighted by Gasteiger charge is -2.14. The molecule has 1 rings (SSSR count). The van der Waals surface area contributed by atoms with Crippen LogP contribution in [0.3, 0.4) is 0 Å². The minimum absolute atomic E-state index is 0.168. The second-order valence-corrected chi connectivity index (χ2v) is 4.99. The smallest absolute Gasteiger partial charge is 0.252 e. The zero-order chi connectivity index (χ0) is 12.3. The monoisotopic (exact) mass is 227 g/mol. The number of hydrogen-bond donors (Lipinski definition) is 1. The first kappa shape index (κ1) is 13.1. The summed E-state index contributed by atoms with van der Waals surface area (Å²) in [5, 5.41) is 3.82. The molecule has 0 aromatic carbocycles. The van der Waals surface area contributed by atoms with Gasteiger partial charge in [-0.1, -0.05) is 19.0 Å². The van der Waals surface area contributed by atoms with Crippen molar-refractivity contribution in [3.05, 3.63) is 11.7 Å². The molecule has 0 radical (unpaired) electrons. The van der Waals surface area contributed by atoms with E-state index in [0.29, 0.717) is 24.2 Å². The SMILES string of the molecule is CC(C)C(C)OCc1nc(C(C)(C)N)no1. The van der Waals surface area contributed by atoms with Gasteiger partial charge in [-0.05, 0) is 26.7 Å².